The number of halogens is 2. The zero-order chi connectivity index (χ0) is 15.7. The summed E-state index contributed by atoms with van der Waals surface area (Å²) < 4.78 is 5.73. The van der Waals surface area contributed by atoms with Gasteiger partial charge in [0.2, 0.25) is 0 Å². The third-order valence-electron chi connectivity index (χ3n) is 4.44. The van der Waals surface area contributed by atoms with Crippen LogP contribution in [0.4, 0.5) is 0 Å². The molecule has 2 heterocycles. The molecule has 0 spiro atoms. The van der Waals surface area contributed by atoms with Gasteiger partial charge in [-0.2, -0.15) is 0 Å². The fraction of sp³-hybridized carbons (Fsp3) is 0.562. The van der Waals surface area contributed by atoms with E-state index >= 15 is 0 Å². The number of hydrogen-bond acceptors (Lipinski definition) is 3. The summed E-state index contributed by atoms with van der Waals surface area (Å²) in [7, 11) is 0. The molecule has 0 N–H and O–H groups in total. The molecular weight excluding hydrogens is 323 g/mol. The quantitative estimate of drug-likeness (QED) is 0.846. The maximum absolute atomic E-state index is 12.6. The first-order valence-electron chi connectivity index (χ1n) is 7.69. The lowest BCUT2D eigenvalue weighted by molar-refractivity contribution is -0.140. The van der Waals surface area contributed by atoms with Gasteiger partial charge >= 0.3 is 0 Å². The van der Waals surface area contributed by atoms with Gasteiger partial charge in [-0.05, 0) is 44.5 Å². The highest BCUT2D eigenvalue weighted by molar-refractivity contribution is 6.35. The van der Waals surface area contributed by atoms with E-state index in [0.717, 1.165) is 19.6 Å². The van der Waals surface area contributed by atoms with E-state index in [-0.39, 0.29) is 5.91 Å². The molecule has 4 nitrogen and oxygen atoms in total. The molecule has 6 heteroatoms. The molecular formula is C16H20Cl2N2O2. The summed E-state index contributed by atoms with van der Waals surface area (Å²) in [6, 6.07) is 5.54. The van der Waals surface area contributed by atoms with Gasteiger partial charge < -0.3 is 9.64 Å². The second-order valence-corrected chi connectivity index (χ2v) is 6.79. The number of hydrogen-bond donors (Lipinski definition) is 0. The summed E-state index contributed by atoms with van der Waals surface area (Å²) in [4.78, 5) is 17.0. The second kappa shape index (κ2) is 6.65. The third-order valence-corrected chi connectivity index (χ3v) is 4.97. The molecule has 0 radical (unpaired) electrons. The Bertz CT molecular complexity index is 567. The van der Waals surface area contributed by atoms with Crippen LogP contribution < -0.4 is 4.74 Å². The minimum absolute atomic E-state index is 0.0255. The molecule has 2 aliphatic rings. The van der Waals surface area contributed by atoms with E-state index in [9.17, 15) is 4.79 Å². The Hall–Kier alpha value is -0.970. The van der Waals surface area contributed by atoms with Crippen molar-refractivity contribution < 1.29 is 9.53 Å². The normalized spacial score (nSPS) is 23.2. The van der Waals surface area contributed by atoms with Crippen molar-refractivity contribution in [3.8, 4) is 5.75 Å². The van der Waals surface area contributed by atoms with Crippen molar-refractivity contribution >= 4 is 29.1 Å². The second-order valence-electron chi connectivity index (χ2n) is 5.95. The predicted molar refractivity (Wildman–Crippen MR) is 87.7 cm³/mol. The summed E-state index contributed by atoms with van der Waals surface area (Å²) in [6.07, 6.45) is 1.87. The molecule has 0 aliphatic carbocycles. The number of ether oxygens (including phenoxy) is 1. The lowest BCUT2D eigenvalue weighted by Gasteiger charge is -2.38. The first kappa shape index (κ1) is 15.9. The highest BCUT2D eigenvalue weighted by Gasteiger charge is 2.34. The number of nitrogens with zero attached hydrogens (tertiary/aromatic N) is 2. The van der Waals surface area contributed by atoms with Crippen LogP contribution in [0.2, 0.25) is 10.0 Å². The van der Waals surface area contributed by atoms with E-state index in [0.29, 0.717) is 21.8 Å². The van der Waals surface area contributed by atoms with Gasteiger partial charge in [0.15, 0.2) is 6.10 Å². The maximum atomic E-state index is 12.6. The summed E-state index contributed by atoms with van der Waals surface area (Å²) >= 11 is 12.0. The topological polar surface area (TPSA) is 32.8 Å². The van der Waals surface area contributed by atoms with Crippen LogP contribution in [0.15, 0.2) is 18.2 Å². The highest BCUT2D eigenvalue weighted by Crippen LogP contribution is 2.29. The molecule has 1 aromatic carbocycles. The van der Waals surface area contributed by atoms with Crippen LogP contribution in [-0.2, 0) is 4.79 Å². The minimum Gasteiger partial charge on any atom is -0.479 e. The molecule has 2 aliphatic heterocycles. The van der Waals surface area contributed by atoms with Crippen LogP contribution in [-0.4, -0.2) is 54.0 Å². The Morgan fingerprint density at radius 3 is 2.91 bits per heavy atom. The average Bonchev–Trinajstić information content (AvgIpc) is 2.96. The van der Waals surface area contributed by atoms with E-state index < -0.39 is 6.10 Å². The van der Waals surface area contributed by atoms with Gasteiger partial charge in [-0.1, -0.05) is 23.2 Å². The van der Waals surface area contributed by atoms with Gasteiger partial charge in [0.1, 0.15) is 5.75 Å². The summed E-state index contributed by atoms with van der Waals surface area (Å²) in [5.41, 5.74) is 0. The van der Waals surface area contributed by atoms with Crippen molar-refractivity contribution in [2.45, 2.75) is 31.9 Å². The predicted octanol–water partition coefficient (Wildman–Crippen LogP) is 3.07. The Morgan fingerprint density at radius 1 is 1.32 bits per heavy atom. The zero-order valence-electron chi connectivity index (χ0n) is 12.6. The van der Waals surface area contributed by atoms with Gasteiger partial charge in [0.05, 0.1) is 5.02 Å². The summed E-state index contributed by atoms with van der Waals surface area (Å²) in [5.74, 6) is 0.518. The number of rotatable bonds is 3. The first-order valence-corrected chi connectivity index (χ1v) is 8.45. The van der Waals surface area contributed by atoms with E-state index in [1.165, 1.54) is 19.4 Å². The summed E-state index contributed by atoms with van der Waals surface area (Å²) in [6.45, 7) is 5.48. The van der Waals surface area contributed by atoms with Crippen LogP contribution in [0.25, 0.3) is 0 Å². The van der Waals surface area contributed by atoms with Crippen molar-refractivity contribution in [1.29, 1.82) is 0 Å². The average molecular weight is 343 g/mol. The summed E-state index contributed by atoms with van der Waals surface area (Å²) in [5, 5.41) is 0.974. The van der Waals surface area contributed by atoms with Crippen LogP contribution in [0.3, 0.4) is 0 Å². The number of fused-ring (bicyclic) bond motifs is 1. The molecule has 1 aromatic rings. The zero-order valence-corrected chi connectivity index (χ0v) is 14.1. The molecule has 120 valence electrons. The highest BCUT2D eigenvalue weighted by atomic mass is 35.5. The Kier molecular flexibility index (Phi) is 4.81. The van der Waals surface area contributed by atoms with E-state index in [4.69, 9.17) is 27.9 Å². The monoisotopic (exact) mass is 342 g/mol. The van der Waals surface area contributed by atoms with Gasteiger partial charge in [0.25, 0.3) is 5.91 Å². The van der Waals surface area contributed by atoms with E-state index in [2.05, 4.69) is 4.90 Å². The first-order chi connectivity index (χ1) is 10.5. The van der Waals surface area contributed by atoms with Gasteiger partial charge in [-0.25, -0.2) is 0 Å². The third kappa shape index (κ3) is 3.34. The molecule has 3 rings (SSSR count). The fourth-order valence-electron chi connectivity index (χ4n) is 3.26. The van der Waals surface area contributed by atoms with E-state index in [1.54, 1.807) is 25.1 Å². The van der Waals surface area contributed by atoms with Crippen LogP contribution >= 0.6 is 23.2 Å². The molecule has 0 bridgehead atoms. The minimum atomic E-state index is -0.549. The molecule has 2 atom stereocenters. The molecule has 22 heavy (non-hydrogen) atoms. The lowest BCUT2D eigenvalue weighted by Crippen LogP contribution is -2.54. The van der Waals surface area contributed by atoms with Gasteiger partial charge in [-0.3, -0.25) is 9.69 Å². The largest absolute Gasteiger partial charge is 0.479 e. The Balaban J connectivity index is 1.62. The number of carbonyl (C=O) groups excluding carboxylic acids is 1. The standard InChI is InChI=1S/C16H20Cl2N2O2/c1-11(22-15-5-4-12(17)9-14(15)18)16(21)20-8-7-19-6-2-3-13(19)10-20/h4-5,9,11,13H,2-3,6-8,10H2,1H3/t11-,13+/m0/s1. The van der Waals surface area contributed by atoms with Crippen molar-refractivity contribution in [3.05, 3.63) is 28.2 Å². The van der Waals surface area contributed by atoms with Crippen LogP contribution in [0.1, 0.15) is 19.8 Å². The smallest absolute Gasteiger partial charge is 0.263 e. The maximum Gasteiger partial charge on any atom is 0.263 e. The molecule has 0 saturated carbocycles. The number of piperazine rings is 1. The molecule has 2 saturated heterocycles. The van der Waals surface area contributed by atoms with E-state index in [1.807, 2.05) is 4.90 Å². The van der Waals surface area contributed by atoms with Crippen molar-refractivity contribution in [1.82, 2.24) is 9.80 Å². The number of carbonyl (C=O) groups is 1. The number of benzene rings is 1. The van der Waals surface area contributed by atoms with Gasteiger partial charge in [0, 0.05) is 30.7 Å². The molecule has 0 aromatic heterocycles. The SMILES string of the molecule is C[C@H](Oc1ccc(Cl)cc1Cl)C(=O)N1CCN2CCC[C@@H]2C1. The molecule has 0 unspecified atom stereocenters. The Labute approximate surface area is 140 Å². The van der Waals surface area contributed by atoms with Crippen molar-refractivity contribution in [3.63, 3.8) is 0 Å². The van der Waals surface area contributed by atoms with Gasteiger partial charge in [-0.15, -0.1) is 0 Å². The fourth-order valence-corrected chi connectivity index (χ4v) is 3.71. The number of amides is 1. The van der Waals surface area contributed by atoms with Crippen LogP contribution in [0, 0.1) is 0 Å². The van der Waals surface area contributed by atoms with Crippen molar-refractivity contribution in [2.24, 2.45) is 0 Å². The Morgan fingerprint density at radius 2 is 2.14 bits per heavy atom. The molecule has 2 fully saturated rings. The lowest BCUT2D eigenvalue weighted by atomic mass is 10.1. The van der Waals surface area contributed by atoms with Crippen molar-refractivity contribution in [2.75, 3.05) is 26.2 Å². The van der Waals surface area contributed by atoms with Crippen LogP contribution in [0.5, 0.6) is 5.75 Å². The molecule has 1 amide bonds.